The van der Waals surface area contributed by atoms with Crippen LogP contribution in [0.15, 0.2) is 12.1 Å². The zero-order chi connectivity index (χ0) is 18.8. The number of halogens is 3. The SMILES string of the molecule is CC(C)(C)NC(=O)CN1CC[C@H](C(=O)Nc2ccc(F)c(Cl)c2F)C1. The summed E-state index contributed by atoms with van der Waals surface area (Å²) >= 11 is 5.51. The minimum atomic E-state index is -0.991. The maximum absolute atomic E-state index is 13.9. The summed E-state index contributed by atoms with van der Waals surface area (Å²) in [7, 11) is 0. The zero-order valence-electron chi connectivity index (χ0n) is 14.5. The monoisotopic (exact) mass is 373 g/mol. The summed E-state index contributed by atoms with van der Waals surface area (Å²) < 4.78 is 27.0. The number of carbonyl (C=O) groups is 2. The van der Waals surface area contributed by atoms with Crippen molar-refractivity contribution in [2.45, 2.75) is 32.7 Å². The van der Waals surface area contributed by atoms with Crippen LogP contribution in [0, 0.1) is 17.6 Å². The summed E-state index contributed by atoms with van der Waals surface area (Å²) in [6, 6.07) is 2.14. The van der Waals surface area contributed by atoms with E-state index in [4.69, 9.17) is 11.6 Å². The molecule has 2 N–H and O–H groups in total. The molecule has 5 nitrogen and oxygen atoms in total. The molecule has 0 aromatic heterocycles. The van der Waals surface area contributed by atoms with Crippen LogP contribution < -0.4 is 10.6 Å². The summed E-state index contributed by atoms with van der Waals surface area (Å²) in [5.41, 5.74) is -0.465. The van der Waals surface area contributed by atoms with Crippen LogP contribution in [0.25, 0.3) is 0 Å². The van der Waals surface area contributed by atoms with E-state index >= 15 is 0 Å². The molecule has 1 aliphatic heterocycles. The van der Waals surface area contributed by atoms with Gasteiger partial charge in [-0.2, -0.15) is 0 Å². The summed E-state index contributed by atoms with van der Waals surface area (Å²) in [5.74, 6) is -2.72. The van der Waals surface area contributed by atoms with Crippen molar-refractivity contribution in [1.29, 1.82) is 0 Å². The molecular formula is C17H22ClF2N3O2. The minimum absolute atomic E-state index is 0.107. The van der Waals surface area contributed by atoms with Gasteiger partial charge in [-0.25, -0.2) is 8.78 Å². The van der Waals surface area contributed by atoms with Crippen molar-refractivity contribution in [2.24, 2.45) is 5.92 Å². The molecule has 2 rings (SSSR count). The van der Waals surface area contributed by atoms with Gasteiger partial charge in [-0.3, -0.25) is 14.5 Å². The van der Waals surface area contributed by atoms with E-state index in [1.54, 1.807) is 0 Å². The van der Waals surface area contributed by atoms with Crippen LogP contribution in [0.1, 0.15) is 27.2 Å². The Morgan fingerprint density at radius 3 is 2.64 bits per heavy atom. The molecule has 0 radical (unpaired) electrons. The number of rotatable bonds is 4. The Morgan fingerprint density at radius 2 is 2.00 bits per heavy atom. The Morgan fingerprint density at radius 1 is 1.32 bits per heavy atom. The van der Waals surface area contributed by atoms with Crippen LogP contribution in [0.3, 0.4) is 0 Å². The van der Waals surface area contributed by atoms with Gasteiger partial charge in [0.15, 0.2) is 5.82 Å². The second-order valence-corrected chi connectivity index (χ2v) is 7.61. The molecule has 138 valence electrons. The van der Waals surface area contributed by atoms with Gasteiger partial charge in [0.05, 0.1) is 18.2 Å². The number of nitrogens with one attached hydrogen (secondary N) is 2. The molecule has 0 spiro atoms. The van der Waals surface area contributed by atoms with Crippen LogP contribution in [0.2, 0.25) is 5.02 Å². The van der Waals surface area contributed by atoms with Crippen LogP contribution in [-0.2, 0) is 9.59 Å². The topological polar surface area (TPSA) is 61.4 Å². The Kier molecular flexibility index (Phi) is 6.00. The lowest BCUT2D eigenvalue weighted by molar-refractivity contribution is -0.124. The number of amides is 2. The molecule has 1 atom stereocenters. The summed E-state index contributed by atoms with van der Waals surface area (Å²) in [4.78, 5) is 26.1. The molecule has 1 fully saturated rings. The molecule has 1 saturated heterocycles. The third-order valence-corrected chi connectivity index (χ3v) is 4.16. The highest BCUT2D eigenvalue weighted by Gasteiger charge is 2.30. The fourth-order valence-corrected chi connectivity index (χ4v) is 2.87. The summed E-state index contributed by atoms with van der Waals surface area (Å²) in [6.07, 6.45) is 0.561. The predicted molar refractivity (Wildman–Crippen MR) is 92.4 cm³/mol. The summed E-state index contributed by atoms with van der Waals surface area (Å²) in [6.45, 7) is 6.90. The van der Waals surface area contributed by atoms with Crippen molar-refractivity contribution in [2.75, 3.05) is 25.0 Å². The minimum Gasteiger partial charge on any atom is -0.350 e. The fourth-order valence-electron chi connectivity index (χ4n) is 2.71. The lowest BCUT2D eigenvalue weighted by Crippen LogP contribution is -2.45. The number of hydrogen-bond donors (Lipinski definition) is 2. The molecule has 1 aromatic carbocycles. The first kappa shape index (κ1) is 19.6. The normalized spacial score (nSPS) is 18.2. The molecule has 1 heterocycles. The largest absolute Gasteiger partial charge is 0.350 e. The van der Waals surface area contributed by atoms with Crippen molar-refractivity contribution < 1.29 is 18.4 Å². The third-order valence-electron chi connectivity index (χ3n) is 3.82. The Labute approximate surface area is 150 Å². The second kappa shape index (κ2) is 7.66. The lowest BCUT2D eigenvalue weighted by atomic mass is 10.1. The van der Waals surface area contributed by atoms with Gasteiger partial charge >= 0.3 is 0 Å². The van der Waals surface area contributed by atoms with Gasteiger partial charge in [0.25, 0.3) is 0 Å². The molecule has 0 saturated carbocycles. The molecular weight excluding hydrogens is 352 g/mol. The fraction of sp³-hybridized carbons (Fsp3) is 0.529. The first-order valence-corrected chi connectivity index (χ1v) is 8.42. The van der Waals surface area contributed by atoms with Gasteiger partial charge in [0.2, 0.25) is 11.8 Å². The quantitative estimate of drug-likeness (QED) is 0.798. The van der Waals surface area contributed by atoms with Crippen LogP contribution >= 0.6 is 11.6 Å². The predicted octanol–water partition coefficient (Wildman–Crippen LogP) is 2.79. The highest BCUT2D eigenvalue weighted by atomic mass is 35.5. The van der Waals surface area contributed by atoms with Gasteiger partial charge in [-0.1, -0.05) is 11.6 Å². The van der Waals surface area contributed by atoms with Crippen molar-refractivity contribution >= 4 is 29.1 Å². The van der Waals surface area contributed by atoms with E-state index in [0.29, 0.717) is 19.5 Å². The van der Waals surface area contributed by atoms with Gasteiger partial charge in [-0.15, -0.1) is 0 Å². The van der Waals surface area contributed by atoms with Crippen LogP contribution in [-0.4, -0.2) is 41.9 Å². The van der Waals surface area contributed by atoms with E-state index in [2.05, 4.69) is 10.6 Å². The third kappa shape index (κ3) is 5.37. The van der Waals surface area contributed by atoms with Crippen molar-refractivity contribution in [3.05, 3.63) is 28.8 Å². The number of benzene rings is 1. The molecule has 0 unspecified atom stereocenters. The van der Waals surface area contributed by atoms with Crippen LogP contribution in [0.4, 0.5) is 14.5 Å². The first-order chi connectivity index (χ1) is 11.6. The molecule has 8 heteroatoms. The summed E-state index contributed by atoms with van der Waals surface area (Å²) in [5, 5.41) is 4.66. The Balaban J connectivity index is 1.90. The van der Waals surface area contributed by atoms with Gasteiger partial charge in [-0.05, 0) is 45.9 Å². The van der Waals surface area contributed by atoms with Gasteiger partial charge in [0, 0.05) is 12.1 Å². The molecule has 0 bridgehead atoms. The molecule has 1 aliphatic rings. The highest BCUT2D eigenvalue weighted by Crippen LogP contribution is 2.26. The van der Waals surface area contributed by atoms with Crippen LogP contribution in [0.5, 0.6) is 0 Å². The van der Waals surface area contributed by atoms with Gasteiger partial charge in [0.1, 0.15) is 10.8 Å². The molecule has 0 aliphatic carbocycles. The second-order valence-electron chi connectivity index (χ2n) is 7.23. The molecule has 2 amide bonds. The Bertz CT molecular complexity index is 677. The maximum Gasteiger partial charge on any atom is 0.234 e. The number of hydrogen-bond acceptors (Lipinski definition) is 3. The maximum atomic E-state index is 13.9. The van der Waals surface area contributed by atoms with E-state index in [-0.39, 0.29) is 35.5 Å². The van der Waals surface area contributed by atoms with E-state index in [1.807, 2.05) is 25.7 Å². The van der Waals surface area contributed by atoms with E-state index in [0.717, 1.165) is 12.1 Å². The first-order valence-electron chi connectivity index (χ1n) is 8.04. The standard InChI is InChI=1S/C17H22ClF2N3O2/c1-17(2,3)22-13(24)9-23-7-6-10(8-23)16(25)21-12-5-4-11(19)14(18)15(12)20/h4-5,10H,6-9H2,1-3H3,(H,21,25)(H,22,24)/t10-/m0/s1. The number of nitrogens with zero attached hydrogens (tertiary/aromatic N) is 1. The molecule has 25 heavy (non-hydrogen) atoms. The Hall–Kier alpha value is -1.73. The van der Waals surface area contributed by atoms with Crippen molar-refractivity contribution in [3.8, 4) is 0 Å². The van der Waals surface area contributed by atoms with E-state index in [1.165, 1.54) is 0 Å². The zero-order valence-corrected chi connectivity index (χ0v) is 15.2. The number of carbonyl (C=O) groups excluding carboxylic acids is 2. The smallest absolute Gasteiger partial charge is 0.234 e. The van der Waals surface area contributed by atoms with E-state index in [9.17, 15) is 18.4 Å². The van der Waals surface area contributed by atoms with Crippen molar-refractivity contribution in [1.82, 2.24) is 10.2 Å². The van der Waals surface area contributed by atoms with E-state index < -0.39 is 16.7 Å². The average Bonchev–Trinajstić information content (AvgIpc) is 2.94. The van der Waals surface area contributed by atoms with Gasteiger partial charge < -0.3 is 10.6 Å². The highest BCUT2D eigenvalue weighted by molar-refractivity contribution is 6.31. The lowest BCUT2D eigenvalue weighted by Gasteiger charge is -2.23. The number of anilines is 1. The number of likely N-dealkylation sites (tertiary alicyclic amines) is 1. The van der Waals surface area contributed by atoms with Crippen molar-refractivity contribution in [3.63, 3.8) is 0 Å². The average molecular weight is 374 g/mol. The molecule has 1 aromatic rings.